The molecule has 0 aliphatic heterocycles. The molecular formula is C17H23NO3S. The van der Waals surface area contributed by atoms with Gasteiger partial charge in [0.25, 0.3) is 0 Å². The van der Waals surface area contributed by atoms with E-state index in [2.05, 4.69) is 19.2 Å². The van der Waals surface area contributed by atoms with Crippen molar-refractivity contribution in [2.75, 3.05) is 6.26 Å². The fourth-order valence-electron chi connectivity index (χ4n) is 2.42. The zero-order chi connectivity index (χ0) is 16.2. The van der Waals surface area contributed by atoms with Gasteiger partial charge in [0.2, 0.25) is 0 Å². The van der Waals surface area contributed by atoms with Crippen LogP contribution >= 0.6 is 0 Å². The Morgan fingerprint density at radius 1 is 1.14 bits per heavy atom. The number of hydrogen-bond donors (Lipinski definition) is 1. The first-order valence-corrected chi connectivity index (χ1v) is 9.34. The zero-order valence-electron chi connectivity index (χ0n) is 13.2. The maximum Gasteiger partial charge on any atom is 0.175 e. The summed E-state index contributed by atoms with van der Waals surface area (Å²) in [4.78, 5) is 0.356. The van der Waals surface area contributed by atoms with Crippen molar-refractivity contribution in [1.82, 2.24) is 5.32 Å². The minimum Gasteiger partial charge on any atom is -0.469 e. The average Bonchev–Trinajstić information content (AvgIpc) is 2.97. The summed E-state index contributed by atoms with van der Waals surface area (Å²) in [6, 6.07) is 11.5. The molecule has 1 N–H and O–H groups in total. The van der Waals surface area contributed by atoms with Crippen molar-refractivity contribution in [2.45, 2.75) is 43.7 Å². The largest absolute Gasteiger partial charge is 0.469 e. The SMILES string of the molecule is CC(CCc1ccco1)NC(C)c1ccc(S(C)(=O)=O)cc1. The minimum atomic E-state index is -3.13. The van der Waals surface area contributed by atoms with E-state index in [1.165, 1.54) is 6.26 Å². The summed E-state index contributed by atoms with van der Waals surface area (Å²) in [5.41, 5.74) is 1.08. The highest BCUT2D eigenvalue weighted by molar-refractivity contribution is 7.90. The van der Waals surface area contributed by atoms with E-state index in [0.29, 0.717) is 10.9 Å². The lowest BCUT2D eigenvalue weighted by Crippen LogP contribution is -2.29. The number of nitrogens with one attached hydrogen (secondary N) is 1. The normalized spacial score (nSPS) is 14.7. The number of benzene rings is 1. The molecule has 0 spiro atoms. The second kappa shape index (κ2) is 7.11. The lowest BCUT2D eigenvalue weighted by Gasteiger charge is -2.20. The molecule has 2 unspecified atom stereocenters. The molecule has 2 atom stereocenters. The molecule has 0 radical (unpaired) electrons. The van der Waals surface area contributed by atoms with Crippen LogP contribution in [0.2, 0.25) is 0 Å². The van der Waals surface area contributed by atoms with E-state index < -0.39 is 9.84 Å². The van der Waals surface area contributed by atoms with Crippen LogP contribution in [0.15, 0.2) is 52.0 Å². The van der Waals surface area contributed by atoms with E-state index in [-0.39, 0.29) is 6.04 Å². The molecule has 5 heteroatoms. The van der Waals surface area contributed by atoms with Crippen molar-refractivity contribution in [1.29, 1.82) is 0 Å². The lowest BCUT2D eigenvalue weighted by molar-refractivity contribution is 0.430. The van der Waals surface area contributed by atoms with Gasteiger partial charge in [-0.2, -0.15) is 0 Å². The number of rotatable bonds is 7. The van der Waals surface area contributed by atoms with Crippen LogP contribution < -0.4 is 5.32 Å². The Labute approximate surface area is 132 Å². The highest BCUT2D eigenvalue weighted by atomic mass is 32.2. The second-order valence-electron chi connectivity index (χ2n) is 5.75. The molecule has 4 nitrogen and oxygen atoms in total. The molecule has 0 saturated carbocycles. The number of aryl methyl sites for hydroxylation is 1. The maximum atomic E-state index is 11.5. The van der Waals surface area contributed by atoms with Gasteiger partial charge in [0.15, 0.2) is 9.84 Å². The number of sulfone groups is 1. The molecular weight excluding hydrogens is 298 g/mol. The van der Waals surface area contributed by atoms with Crippen LogP contribution in [0.5, 0.6) is 0 Å². The van der Waals surface area contributed by atoms with E-state index in [1.807, 2.05) is 24.3 Å². The Bertz CT molecular complexity index is 675. The summed E-state index contributed by atoms with van der Waals surface area (Å²) >= 11 is 0. The van der Waals surface area contributed by atoms with E-state index >= 15 is 0 Å². The van der Waals surface area contributed by atoms with E-state index in [9.17, 15) is 8.42 Å². The first-order chi connectivity index (χ1) is 10.4. The van der Waals surface area contributed by atoms with Crippen LogP contribution in [0.1, 0.15) is 37.6 Å². The van der Waals surface area contributed by atoms with Gasteiger partial charge in [0.1, 0.15) is 5.76 Å². The lowest BCUT2D eigenvalue weighted by atomic mass is 10.1. The smallest absolute Gasteiger partial charge is 0.175 e. The van der Waals surface area contributed by atoms with E-state index in [1.54, 1.807) is 18.4 Å². The van der Waals surface area contributed by atoms with Gasteiger partial charge in [-0.1, -0.05) is 12.1 Å². The summed E-state index contributed by atoms with van der Waals surface area (Å²) < 4.78 is 28.3. The zero-order valence-corrected chi connectivity index (χ0v) is 14.1. The topological polar surface area (TPSA) is 59.3 Å². The third-order valence-electron chi connectivity index (χ3n) is 3.75. The highest BCUT2D eigenvalue weighted by Gasteiger charge is 2.12. The summed E-state index contributed by atoms with van der Waals surface area (Å²) in [7, 11) is -3.13. The van der Waals surface area contributed by atoms with Crippen LogP contribution in [-0.4, -0.2) is 20.7 Å². The molecule has 22 heavy (non-hydrogen) atoms. The first kappa shape index (κ1) is 16.8. The molecule has 1 aromatic heterocycles. The monoisotopic (exact) mass is 321 g/mol. The van der Waals surface area contributed by atoms with Gasteiger partial charge in [-0.15, -0.1) is 0 Å². The van der Waals surface area contributed by atoms with Crippen molar-refractivity contribution in [2.24, 2.45) is 0 Å². The van der Waals surface area contributed by atoms with Gasteiger partial charge in [0, 0.05) is 24.8 Å². The van der Waals surface area contributed by atoms with Gasteiger partial charge in [-0.25, -0.2) is 8.42 Å². The van der Waals surface area contributed by atoms with Crippen LogP contribution in [0.4, 0.5) is 0 Å². The van der Waals surface area contributed by atoms with Crippen LogP contribution in [-0.2, 0) is 16.3 Å². The summed E-state index contributed by atoms with van der Waals surface area (Å²) in [5.74, 6) is 0.999. The molecule has 1 aromatic carbocycles. The quantitative estimate of drug-likeness (QED) is 0.849. The molecule has 120 valence electrons. The average molecular weight is 321 g/mol. The van der Waals surface area contributed by atoms with Crippen LogP contribution in [0.3, 0.4) is 0 Å². The van der Waals surface area contributed by atoms with Crippen LogP contribution in [0.25, 0.3) is 0 Å². The van der Waals surface area contributed by atoms with Gasteiger partial charge >= 0.3 is 0 Å². The van der Waals surface area contributed by atoms with Crippen molar-refractivity contribution < 1.29 is 12.8 Å². The molecule has 1 heterocycles. The third-order valence-corrected chi connectivity index (χ3v) is 4.88. The van der Waals surface area contributed by atoms with E-state index in [4.69, 9.17) is 4.42 Å². The Hall–Kier alpha value is -1.59. The number of furan rings is 1. The Kier molecular flexibility index (Phi) is 5.42. The van der Waals surface area contributed by atoms with Crippen molar-refractivity contribution in [3.63, 3.8) is 0 Å². The summed E-state index contributed by atoms with van der Waals surface area (Å²) in [6.07, 6.45) is 4.81. The third kappa shape index (κ3) is 4.71. The Morgan fingerprint density at radius 2 is 1.82 bits per heavy atom. The molecule has 2 aromatic rings. The fourth-order valence-corrected chi connectivity index (χ4v) is 3.05. The summed E-state index contributed by atoms with van der Waals surface area (Å²) in [6.45, 7) is 4.23. The van der Waals surface area contributed by atoms with E-state index in [0.717, 1.165) is 24.2 Å². The van der Waals surface area contributed by atoms with Gasteiger partial charge in [-0.05, 0) is 50.1 Å². The standard InChI is InChI=1S/C17H23NO3S/c1-13(6-9-16-5-4-12-21-16)18-14(2)15-7-10-17(11-8-15)22(3,19)20/h4-5,7-8,10-14,18H,6,9H2,1-3H3. The second-order valence-corrected chi connectivity index (χ2v) is 7.76. The van der Waals surface area contributed by atoms with Gasteiger partial charge in [-0.3, -0.25) is 0 Å². The first-order valence-electron chi connectivity index (χ1n) is 7.44. The molecule has 0 amide bonds. The predicted octanol–water partition coefficient (Wildman–Crippen LogP) is 3.36. The fraction of sp³-hybridized carbons (Fsp3) is 0.412. The molecule has 0 fully saturated rings. The molecule has 0 saturated heterocycles. The van der Waals surface area contributed by atoms with Gasteiger partial charge < -0.3 is 9.73 Å². The van der Waals surface area contributed by atoms with Crippen molar-refractivity contribution in [3.8, 4) is 0 Å². The molecule has 0 bridgehead atoms. The number of hydrogen-bond acceptors (Lipinski definition) is 4. The predicted molar refractivity (Wildman–Crippen MR) is 87.6 cm³/mol. The molecule has 0 aliphatic carbocycles. The van der Waals surface area contributed by atoms with Crippen LogP contribution in [0, 0.1) is 0 Å². The molecule has 2 rings (SSSR count). The van der Waals surface area contributed by atoms with Crippen molar-refractivity contribution in [3.05, 3.63) is 54.0 Å². The Balaban J connectivity index is 1.89. The Morgan fingerprint density at radius 3 is 2.36 bits per heavy atom. The van der Waals surface area contributed by atoms with Gasteiger partial charge in [0.05, 0.1) is 11.2 Å². The minimum absolute atomic E-state index is 0.167. The van der Waals surface area contributed by atoms with Crippen molar-refractivity contribution >= 4 is 9.84 Å². The highest BCUT2D eigenvalue weighted by Crippen LogP contribution is 2.17. The summed E-state index contributed by atoms with van der Waals surface area (Å²) in [5, 5.41) is 3.53. The maximum absolute atomic E-state index is 11.5. The molecule has 0 aliphatic rings.